The monoisotopic (exact) mass is 1010 g/mol. The van der Waals surface area contributed by atoms with E-state index in [0.29, 0.717) is 92.1 Å². The van der Waals surface area contributed by atoms with Crippen molar-refractivity contribution in [3.8, 4) is 0 Å². The lowest BCUT2D eigenvalue weighted by atomic mass is 9.93. The van der Waals surface area contributed by atoms with Crippen molar-refractivity contribution < 1.29 is 49.4 Å². The van der Waals surface area contributed by atoms with E-state index < -0.39 is 36.0 Å². The van der Waals surface area contributed by atoms with Crippen molar-refractivity contribution in [1.29, 1.82) is 0 Å². The number of carbonyl (C=O) groups is 2. The third-order valence-corrected chi connectivity index (χ3v) is 12.5. The Morgan fingerprint density at radius 1 is 0.632 bits per heavy atom. The average Bonchev–Trinajstić information content (AvgIpc) is 3.30. The van der Waals surface area contributed by atoms with Crippen LogP contribution in [0.4, 0.5) is 35.1 Å². The maximum absolute atomic E-state index is 13.7. The van der Waals surface area contributed by atoms with Crippen molar-refractivity contribution in [2.24, 2.45) is 0 Å². The third kappa shape index (κ3) is 12.4. The van der Waals surface area contributed by atoms with Crippen LogP contribution < -0.4 is 0 Å². The standard InChI is InChI=1S/C24H22ClF5N4O.C22H19Cl2F3N4O2/c1-14-2-4-17-16(3-7-20(25)33-17)21(14)19(35)6-5-18(34-10-8-23(26,27)9-11-34)15-12-31-22(32-13-15)24(28,29)30;23-15-2-3-16-14(1-6-19(24)30-16)20(15)18(32)5-4-17(31-7-9-33-10-8-31)13-11-28-21(29-12-13)22(25,26)27/h2-4,7,12-13,18H,5-6,8-11H2,1H3;1-3,6,11-12,17H,4-5,7-10H2. The van der Waals surface area contributed by atoms with Gasteiger partial charge in [0.2, 0.25) is 11.6 Å². The lowest BCUT2D eigenvalue weighted by molar-refractivity contribution is -0.145. The number of pyridine rings is 2. The molecule has 22 heteroatoms. The zero-order valence-corrected chi connectivity index (χ0v) is 38.3. The molecule has 2 aliphatic rings. The molecule has 0 spiro atoms. The largest absolute Gasteiger partial charge is 0.451 e. The van der Waals surface area contributed by atoms with Crippen LogP contribution in [0, 0.1) is 6.92 Å². The number of piperidine rings is 1. The van der Waals surface area contributed by atoms with Gasteiger partial charge in [0, 0.05) is 122 Å². The highest BCUT2D eigenvalue weighted by Crippen LogP contribution is 2.37. The van der Waals surface area contributed by atoms with Crippen LogP contribution in [0.2, 0.25) is 15.3 Å². The number of Topliss-reactive ketones (excluding diaryl/α,β-unsaturated/α-hetero) is 2. The van der Waals surface area contributed by atoms with Crippen LogP contribution in [0.15, 0.2) is 73.3 Å². The van der Waals surface area contributed by atoms with E-state index in [0.717, 1.165) is 18.0 Å². The topological polar surface area (TPSA) is 127 Å². The van der Waals surface area contributed by atoms with Gasteiger partial charge in [0.1, 0.15) is 10.3 Å². The van der Waals surface area contributed by atoms with Crippen LogP contribution in [0.5, 0.6) is 0 Å². The number of aryl methyl sites for hydroxylation is 1. The third-order valence-electron chi connectivity index (χ3n) is 11.8. The van der Waals surface area contributed by atoms with E-state index >= 15 is 0 Å². The minimum absolute atomic E-state index is 0.0428. The molecule has 0 radical (unpaired) electrons. The summed E-state index contributed by atoms with van der Waals surface area (Å²) < 4.78 is 110. The average molecular weight is 1010 g/mol. The van der Waals surface area contributed by atoms with Gasteiger partial charge in [0.05, 0.1) is 29.3 Å². The number of morpholine rings is 1. The first-order valence-electron chi connectivity index (χ1n) is 21.3. The lowest BCUT2D eigenvalue weighted by Gasteiger charge is -2.37. The molecule has 11 nitrogen and oxygen atoms in total. The molecule has 68 heavy (non-hydrogen) atoms. The number of nitrogens with zero attached hydrogens (tertiary/aromatic N) is 8. The molecule has 0 saturated carbocycles. The SMILES string of the molecule is Cc1ccc2nc(Cl)ccc2c1C(=O)CCC(c1cnc(C(F)(F)F)nc1)N1CCC(F)(F)CC1.O=C(CCC(c1cnc(C(F)(F)F)nc1)N1CCOCC1)c1c(Cl)ccc2nc(Cl)ccc12. The zero-order chi connectivity index (χ0) is 49.0. The highest BCUT2D eigenvalue weighted by atomic mass is 35.5. The second-order valence-electron chi connectivity index (χ2n) is 16.3. The molecule has 4 aromatic heterocycles. The smallest absolute Gasteiger partial charge is 0.379 e. The number of rotatable bonds is 12. The molecule has 2 aromatic carbocycles. The summed E-state index contributed by atoms with van der Waals surface area (Å²) in [6.07, 6.45) is -4.86. The van der Waals surface area contributed by atoms with Gasteiger partial charge < -0.3 is 4.74 Å². The van der Waals surface area contributed by atoms with Crippen molar-refractivity contribution in [2.45, 2.75) is 75.8 Å². The van der Waals surface area contributed by atoms with E-state index in [1.807, 2.05) is 0 Å². The van der Waals surface area contributed by atoms with Crippen LogP contribution >= 0.6 is 34.8 Å². The van der Waals surface area contributed by atoms with E-state index in [1.165, 1.54) is 12.4 Å². The first-order valence-corrected chi connectivity index (χ1v) is 22.4. The highest BCUT2D eigenvalue weighted by Gasteiger charge is 2.39. The van der Waals surface area contributed by atoms with Gasteiger partial charge in [-0.25, -0.2) is 38.7 Å². The van der Waals surface area contributed by atoms with Gasteiger partial charge in [0.15, 0.2) is 11.6 Å². The molecule has 0 amide bonds. The number of ketones is 2. The Kier molecular flexibility index (Phi) is 15.9. The molecule has 8 rings (SSSR count). The molecule has 2 fully saturated rings. The van der Waals surface area contributed by atoms with Crippen molar-refractivity contribution in [1.82, 2.24) is 39.7 Å². The molecular formula is C46H41Cl3F8N8O3. The second kappa shape index (κ2) is 21.3. The summed E-state index contributed by atoms with van der Waals surface area (Å²) in [5.74, 6) is -5.64. The quantitative estimate of drug-likeness (QED) is 0.0660. The Morgan fingerprint density at radius 3 is 1.53 bits per heavy atom. The summed E-state index contributed by atoms with van der Waals surface area (Å²) in [5.41, 5.74) is 3.56. The number of hydrogen-bond donors (Lipinski definition) is 0. The van der Waals surface area contributed by atoms with Crippen molar-refractivity contribution in [3.63, 3.8) is 0 Å². The summed E-state index contributed by atoms with van der Waals surface area (Å²) >= 11 is 18.3. The van der Waals surface area contributed by atoms with Crippen LogP contribution in [0.25, 0.3) is 21.8 Å². The molecule has 0 aliphatic carbocycles. The Bertz CT molecular complexity index is 2750. The Balaban J connectivity index is 0.000000202. The molecule has 0 N–H and O–H groups in total. The van der Waals surface area contributed by atoms with E-state index in [9.17, 15) is 44.7 Å². The summed E-state index contributed by atoms with van der Waals surface area (Å²) in [7, 11) is 0. The summed E-state index contributed by atoms with van der Waals surface area (Å²) in [6.45, 7) is 4.04. The van der Waals surface area contributed by atoms with Crippen LogP contribution in [-0.2, 0) is 17.1 Å². The zero-order valence-electron chi connectivity index (χ0n) is 36.0. The number of benzene rings is 2. The van der Waals surface area contributed by atoms with Gasteiger partial charge in [-0.15, -0.1) is 0 Å². The predicted octanol–water partition coefficient (Wildman–Crippen LogP) is 11.8. The number of hydrogen-bond acceptors (Lipinski definition) is 11. The first-order chi connectivity index (χ1) is 32.2. The van der Waals surface area contributed by atoms with Gasteiger partial charge in [-0.3, -0.25) is 19.4 Å². The maximum atomic E-state index is 13.7. The van der Waals surface area contributed by atoms with Crippen molar-refractivity contribution in [2.75, 3.05) is 39.4 Å². The van der Waals surface area contributed by atoms with Crippen molar-refractivity contribution in [3.05, 3.63) is 128 Å². The minimum atomic E-state index is -4.69. The first kappa shape index (κ1) is 50.8. The summed E-state index contributed by atoms with van der Waals surface area (Å²) in [6, 6.07) is 12.5. The fraction of sp³-hybridized carbons (Fsp3) is 0.391. The summed E-state index contributed by atoms with van der Waals surface area (Å²) in [4.78, 5) is 52.6. The number of fused-ring (bicyclic) bond motifs is 2. The van der Waals surface area contributed by atoms with Crippen LogP contribution in [-0.4, -0.2) is 96.6 Å². The van der Waals surface area contributed by atoms with Crippen molar-refractivity contribution >= 4 is 68.2 Å². The molecule has 2 saturated heterocycles. The van der Waals surface area contributed by atoms with Gasteiger partial charge in [-0.2, -0.15) is 26.3 Å². The summed E-state index contributed by atoms with van der Waals surface area (Å²) in [5, 5.41) is 2.14. The van der Waals surface area contributed by atoms with E-state index in [4.69, 9.17) is 39.5 Å². The van der Waals surface area contributed by atoms with Gasteiger partial charge in [-0.1, -0.05) is 40.9 Å². The van der Waals surface area contributed by atoms with Gasteiger partial charge in [-0.05, 0) is 67.8 Å². The molecule has 2 unspecified atom stereocenters. The Hall–Kier alpha value is -5.05. The lowest BCUT2D eigenvalue weighted by Crippen LogP contribution is -2.41. The fourth-order valence-electron chi connectivity index (χ4n) is 8.36. The van der Waals surface area contributed by atoms with E-state index in [1.54, 1.807) is 60.4 Å². The molecule has 6 aromatic rings. The highest BCUT2D eigenvalue weighted by molar-refractivity contribution is 6.36. The number of alkyl halides is 8. The molecule has 360 valence electrons. The molecular weight excluding hydrogens is 971 g/mol. The van der Waals surface area contributed by atoms with E-state index in [2.05, 4.69) is 34.8 Å². The Morgan fingerprint density at radius 2 is 1.06 bits per heavy atom. The number of aromatic nitrogens is 6. The van der Waals surface area contributed by atoms with Gasteiger partial charge >= 0.3 is 12.4 Å². The Labute approximate surface area is 399 Å². The number of halogens is 11. The molecule has 2 atom stereocenters. The second-order valence-corrected chi connectivity index (χ2v) is 17.4. The molecule has 2 aliphatic heterocycles. The predicted molar refractivity (Wildman–Crippen MR) is 238 cm³/mol. The van der Waals surface area contributed by atoms with Crippen LogP contribution in [0.3, 0.4) is 0 Å². The van der Waals surface area contributed by atoms with Crippen LogP contribution in [0.1, 0.15) is 99.7 Å². The van der Waals surface area contributed by atoms with E-state index in [-0.39, 0.29) is 62.8 Å². The van der Waals surface area contributed by atoms with Gasteiger partial charge in [0.25, 0.3) is 5.92 Å². The number of ether oxygens (including phenoxy) is 1. The minimum Gasteiger partial charge on any atom is -0.379 e. The molecule has 6 heterocycles. The number of carbonyl (C=O) groups excluding carboxylic acids is 2. The maximum Gasteiger partial charge on any atom is 0.451 e. The molecule has 0 bridgehead atoms. The number of likely N-dealkylation sites (tertiary alicyclic amines) is 1. The normalized spacial score (nSPS) is 16.8. The fourth-order valence-corrected chi connectivity index (χ4v) is 8.94.